The van der Waals surface area contributed by atoms with Gasteiger partial charge in [-0.1, -0.05) is 25.3 Å². The van der Waals surface area contributed by atoms with Gasteiger partial charge in [0.1, 0.15) is 12.5 Å². The van der Waals surface area contributed by atoms with Crippen LogP contribution in [0, 0.1) is 5.41 Å². The van der Waals surface area contributed by atoms with Crippen molar-refractivity contribution in [2.75, 3.05) is 6.54 Å². The van der Waals surface area contributed by atoms with Gasteiger partial charge >= 0.3 is 0 Å². The van der Waals surface area contributed by atoms with Crippen LogP contribution < -0.4 is 0 Å². The summed E-state index contributed by atoms with van der Waals surface area (Å²) in [5.74, 6) is 0. The standard InChI is InChI=1S/C9H18FN3/c1-5-13-8(6-9(2,3)4)12(10)7-11-13/h7-8H,5-6H2,1-4H3. The molecule has 1 atom stereocenters. The predicted molar refractivity (Wildman–Crippen MR) is 51.7 cm³/mol. The van der Waals surface area contributed by atoms with Crippen molar-refractivity contribution in [3.05, 3.63) is 0 Å². The van der Waals surface area contributed by atoms with Crippen molar-refractivity contribution in [1.29, 1.82) is 0 Å². The Labute approximate surface area is 79.1 Å². The van der Waals surface area contributed by atoms with Gasteiger partial charge in [-0.2, -0.15) is 10.2 Å². The molecule has 0 saturated carbocycles. The van der Waals surface area contributed by atoms with E-state index >= 15 is 0 Å². The SMILES string of the molecule is CCN1N=CN(F)C1CC(C)(C)C. The lowest BCUT2D eigenvalue weighted by molar-refractivity contribution is -0.0148. The van der Waals surface area contributed by atoms with Crippen LogP contribution >= 0.6 is 0 Å². The number of nitrogens with zero attached hydrogens (tertiary/aromatic N) is 3. The normalized spacial score (nSPS) is 23.0. The molecule has 0 N–H and O–H groups in total. The highest BCUT2D eigenvalue weighted by Crippen LogP contribution is 2.27. The first-order chi connectivity index (χ1) is 5.94. The molecule has 1 aliphatic rings. The van der Waals surface area contributed by atoms with Crippen LogP contribution in [0.5, 0.6) is 0 Å². The van der Waals surface area contributed by atoms with E-state index in [1.54, 1.807) is 5.01 Å². The zero-order valence-electron chi connectivity index (χ0n) is 8.79. The van der Waals surface area contributed by atoms with Crippen molar-refractivity contribution < 1.29 is 4.48 Å². The van der Waals surface area contributed by atoms with Crippen molar-refractivity contribution in [3.8, 4) is 0 Å². The first-order valence-electron chi connectivity index (χ1n) is 4.69. The quantitative estimate of drug-likeness (QED) is 0.617. The Morgan fingerprint density at radius 1 is 1.46 bits per heavy atom. The Bertz CT molecular complexity index is 198. The highest BCUT2D eigenvalue weighted by Gasteiger charge is 2.31. The van der Waals surface area contributed by atoms with Gasteiger partial charge in [0, 0.05) is 6.54 Å². The summed E-state index contributed by atoms with van der Waals surface area (Å²) in [4.78, 5) is 0. The van der Waals surface area contributed by atoms with Gasteiger partial charge in [-0.05, 0) is 18.8 Å². The molecule has 13 heavy (non-hydrogen) atoms. The summed E-state index contributed by atoms with van der Waals surface area (Å²) in [6.45, 7) is 9.04. The van der Waals surface area contributed by atoms with Crippen molar-refractivity contribution in [1.82, 2.24) is 10.1 Å². The fourth-order valence-corrected chi connectivity index (χ4v) is 1.43. The van der Waals surface area contributed by atoms with E-state index in [1.165, 1.54) is 6.34 Å². The minimum Gasteiger partial charge on any atom is -0.271 e. The van der Waals surface area contributed by atoms with Crippen LogP contribution in [0.15, 0.2) is 5.10 Å². The lowest BCUT2D eigenvalue weighted by Crippen LogP contribution is -2.38. The zero-order chi connectivity index (χ0) is 10.1. The number of hydrogen-bond donors (Lipinski definition) is 0. The second kappa shape index (κ2) is 3.52. The maximum atomic E-state index is 13.2. The average Bonchev–Trinajstić information content (AvgIpc) is 2.30. The van der Waals surface area contributed by atoms with Gasteiger partial charge in [-0.3, -0.25) is 5.01 Å². The number of hydrogen-bond acceptors (Lipinski definition) is 3. The van der Waals surface area contributed by atoms with Crippen LogP contribution in [0.25, 0.3) is 0 Å². The van der Waals surface area contributed by atoms with Gasteiger partial charge in [0.05, 0.1) is 0 Å². The fourth-order valence-electron chi connectivity index (χ4n) is 1.43. The third-order valence-corrected chi connectivity index (χ3v) is 2.06. The molecule has 0 amide bonds. The Kier molecular flexibility index (Phi) is 2.78. The Hall–Kier alpha value is -0.800. The van der Waals surface area contributed by atoms with Crippen molar-refractivity contribution in [2.45, 2.75) is 40.3 Å². The van der Waals surface area contributed by atoms with Crippen LogP contribution in [-0.2, 0) is 0 Å². The summed E-state index contributed by atoms with van der Waals surface area (Å²) in [5.41, 5.74) is 0.121. The third kappa shape index (κ3) is 2.57. The monoisotopic (exact) mass is 187 g/mol. The molecule has 0 saturated heterocycles. The Morgan fingerprint density at radius 3 is 2.54 bits per heavy atom. The molecule has 0 bridgehead atoms. The highest BCUT2D eigenvalue weighted by molar-refractivity contribution is 5.55. The fraction of sp³-hybridized carbons (Fsp3) is 0.889. The van der Waals surface area contributed by atoms with Gasteiger partial charge in [-0.25, -0.2) is 0 Å². The van der Waals surface area contributed by atoms with E-state index < -0.39 is 0 Å². The van der Waals surface area contributed by atoms with E-state index in [1.807, 2.05) is 6.92 Å². The number of hydrazone groups is 1. The molecule has 4 heteroatoms. The van der Waals surface area contributed by atoms with E-state index in [0.29, 0.717) is 5.12 Å². The zero-order valence-corrected chi connectivity index (χ0v) is 8.79. The molecule has 0 spiro atoms. The van der Waals surface area contributed by atoms with E-state index in [-0.39, 0.29) is 11.6 Å². The van der Waals surface area contributed by atoms with Gasteiger partial charge in [0.15, 0.2) is 0 Å². The number of halogens is 1. The van der Waals surface area contributed by atoms with Gasteiger partial charge in [0.2, 0.25) is 0 Å². The van der Waals surface area contributed by atoms with Gasteiger partial charge in [-0.15, -0.1) is 0 Å². The molecule has 1 rings (SSSR count). The lowest BCUT2D eigenvalue weighted by Gasteiger charge is -2.30. The minimum absolute atomic E-state index is 0.121. The van der Waals surface area contributed by atoms with Crippen LogP contribution in [0.3, 0.4) is 0 Å². The topological polar surface area (TPSA) is 18.8 Å². The number of rotatable bonds is 2. The summed E-state index contributed by atoms with van der Waals surface area (Å²) < 4.78 is 13.2. The largest absolute Gasteiger partial charge is 0.271 e. The van der Waals surface area contributed by atoms with Crippen LogP contribution in [0.2, 0.25) is 0 Å². The molecule has 0 fully saturated rings. The summed E-state index contributed by atoms with van der Waals surface area (Å²) in [7, 11) is 0. The Morgan fingerprint density at radius 2 is 2.08 bits per heavy atom. The van der Waals surface area contributed by atoms with Gasteiger partial charge in [0.25, 0.3) is 0 Å². The highest BCUT2D eigenvalue weighted by atomic mass is 19.2. The second-order valence-corrected chi connectivity index (χ2v) is 4.58. The molecule has 0 radical (unpaired) electrons. The second-order valence-electron chi connectivity index (χ2n) is 4.58. The van der Waals surface area contributed by atoms with E-state index in [2.05, 4.69) is 25.9 Å². The van der Waals surface area contributed by atoms with E-state index in [0.717, 1.165) is 13.0 Å². The predicted octanol–water partition coefficient (Wildman–Crippen LogP) is 2.21. The van der Waals surface area contributed by atoms with Crippen molar-refractivity contribution >= 4 is 6.34 Å². The molecule has 1 aliphatic heterocycles. The third-order valence-electron chi connectivity index (χ3n) is 2.06. The molecule has 0 aromatic carbocycles. The van der Waals surface area contributed by atoms with Crippen LogP contribution in [-0.4, -0.2) is 29.2 Å². The van der Waals surface area contributed by atoms with Crippen LogP contribution in [0.4, 0.5) is 4.48 Å². The van der Waals surface area contributed by atoms with Crippen molar-refractivity contribution in [3.63, 3.8) is 0 Å². The molecule has 0 aromatic rings. The maximum Gasteiger partial charge on any atom is 0.150 e. The summed E-state index contributed by atoms with van der Waals surface area (Å²) in [6.07, 6.45) is 1.81. The summed E-state index contributed by atoms with van der Waals surface area (Å²) in [5, 5.41) is 6.42. The first-order valence-corrected chi connectivity index (χ1v) is 4.69. The van der Waals surface area contributed by atoms with Gasteiger partial charge < -0.3 is 0 Å². The molecular weight excluding hydrogens is 169 g/mol. The molecule has 1 unspecified atom stereocenters. The molecule has 1 heterocycles. The molecule has 0 aromatic heterocycles. The minimum atomic E-state index is -0.218. The molecule has 76 valence electrons. The van der Waals surface area contributed by atoms with E-state index in [4.69, 9.17) is 0 Å². The maximum absolute atomic E-state index is 13.2. The van der Waals surface area contributed by atoms with Crippen molar-refractivity contribution in [2.24, 2.45) is 10.5 Å². The summed E-state index contributed by atoms with van der Waals surface area (Å²) >= 11 is 0. The first kappa shape index (κ1) is 10.3. The van der Waals surface area contributed by atoms with E-state index in [9.17, 15) is 4.48 Å². The molecule has 3 nitrogen and oxygen atoms in total. The average molecular weight is 187 g/mol. The molecule has 0 aliphatic carbocycles. The van der Waals surface area contributed by atoms with Crippen LogP contribution in [0.1, 0.15) is 34.1 Å². The lowest BCUT2D eigenvalue weighted by atomic mass is 9.90. The Balaban J connectivity index is 2.58. The summed E-state index contributed by atoms with van der Waals surface area (Å²) in [6, 6.07) is 0. The molecular formula is C9H18FN3. The smallest absolute Gasteiger partial charge is 0.150 e.